The predicted octanol–water partition coefficient (Wildman–Crippen LogP) is 3.85. The van der Waals surface area contributed by atoms with Crippen molar-refractivity contribution in [1.82, 2.24) is 4.42 Å². The maximum atomic E-state index is 12.8. The van der Waals surface area contributed by atoms with Gasteiger partial charge in [-0.25, -0.2) is 4.42 Å². The minimum Gasteiger partial charge on any atom is -0.615 e. The molecule has 0 radical (unpaired) electrons. The number of para-hydroxylation sites is 2. The molecule has 0 N–H and O–H groups in total. The molecule has 0 spiro atoms. The molecule has 3 rings (SSSR count). The van der Waals surface area contributed by atoms with E-state index in [4.69, 9.17) is 0 Å². The predicted molar refractivity (Wildman–Crippen MR) is 69.8 cm³/mol. The van der Waals surface area contributed by atoms with Crippen LogP contribution in [-0.4, -0.2) is 5.80 Å². The fourth-order valence-corrected chi connectivity index (χ4v) is 2.99. The van der Waals surface area contributed by atoms with Gasteiger partial charge >= 0.3 is 0 Å². The molecule has 0 saturated carbocycles. The lowest BCUT2D eigenvalue weighted by molar-refractivity contribution is 0.823. The van der Waals surface area contributed by atoms with E-state index in [1.807, 2.05) is 60.4 Å². The van der Waals surface area contributed by atoms with Crippen molar-refractivity contribution in [2.24, 2.45) is 0 Å². The molecule has 0 amide bonds. The van der Waals surface area contributed by atoms with E-state index < -0.39 is 4.42 Å². The molecule has 1 heterocycles. The van der Waals surface area contributed by atoms with Crippen molar-refractivity contribution in [3.05, 3.63) is 65.4 Å². The van der Waals surface area contributed by atoms with Gasteiger partial charge in [0, 0.05) is 29.6 Å². The summed E-state index contributed by atoms with van der Waals surface area (Å²) in [6.07, 6.45) is 0. The zero-order valence-electron chi connectivity index (χ0n) is 8.58. The van der Waals surface area contributed by atoms with Crippen molar-refractivity contribution in [2.75, 3.05) is 0 Å². The summed E-state index contributed by atoms with van der Waals surface area (Å²) in [5.41, 5.74) is 2.66. The third-order valence-electron chi connectivity index (χ3n) is 2.73. The van der Waals surface area contributed by atoms with Gasteiger partial charge in [-0.15, -0.1) is 0 Å². The van der Waals surface area contributed by atoms with Crippen molar-refractivity contribution in [1.29, 1.82) is 0 Å². The Balaban J connectivity index is 2.19. The molecule has 0 fully saturated rings. The van der Waals surface area contributed by atoms with Gasteiger partial charge in [0.1, 0.15) is 5.69 Å². The molecular weight excluding hydrogens is 217 g/mol. The average molecular weight is 227 g/mol. The number of benzene rings is 2. The second-order valence-electron chi connectivity index (χ2n) is 3.71. The monoisotopic (exact) mass is 227 g/mol. The second kappa shape index (κ2) is 3.53. The van der Waals surface area contributed by atoms with E-state index in [-0.39, 0.29) is 0 Å². The average Bonchev–Trinajstić information content (AvgIpc) is 2.71. The largest absolute Gasteiger partial charge is 0.615 e. The summed E-state index contributed by atoms with van der Waals surface area (Å²) < 4.78 is -0.392. The molecule has 0 aliphatic carbocycles. The van der Waals surface area contributed by atoms with Crippen LogP contribution in [0.2, 0.25) is 0 Å². The van der Waals surface area contributed by atoms with E-state index in [2.05, 4.69) is 0 Å². The highest BCUT2D eigenvalue weighted by Gasteiger charge is 2.29. The number of hydrogen-bond acceptors (Lipinski definition) is 1. The van der Waals surface area contributed by atoms with Crippen LogP contribution >= 0.6 is 8.35 Å². The van der Waals surface area contributed by atoms with Crippen LogP contribution in [0.4, 0.5) is 11.4 Å². The summed E-state index contributed by atoms with van der Waals surface area (Å²) in [4.78, 5) is 0. The number of quaternary nitrogens is 1. The summed E-state index contributed by atoms with van der Waals surface area (Å²) in [6.45, 7) is 0. The van der Waals surface area contributed by atoms with E-state index in [9.17, 15) is 5.21 Å². The third-order valence-corrected chi connectivity index (χ3v) is 3.89. The first kappa shape index (κ1) is 9.73. The Morgan fingerprint density at radius 3 is 2.38 bits per heavy atom. The van der Waals surface area contributed by atoms with Gasteiger partial charge in [0.05, 0.1) is 0 Å². The van der Waals surface area contributed by atoms with Crippen molar-refractivity contribution in [3.63, 3.8) is 0 Å². The van der Waals surface area contributed by atoms with Crippen LogP contribution < -0.4 is 4.42 Å². The molecule has 2 aromatic rings. The molecule has 0 bridgehead atoms. The van der Waals surface area contributed by atoms with Crippen LogP contribution in [0, 0.1) is 5.21 Å². The lowest BCUT2D eigenvalue weighted by Gasteiger charge is -2.34. The van der Waals surface area contributed by atoms with Gasteiger partial charge in [-0.2, -0.15) is 0 Å². The molecule has 1 unspecified atom stereocenters. The Labute approximate surface area is 95.8 Å². The highest BCUT2D eigenvalue weighted by Crippen LogP contribution is 2.46. The Kier molecular flexibility index (Phi) is 2.15. The molecule has 2 aromatic carbocycles. The third kappa shape index (κ3) is 1.32. The highest BCUT2D eigenvalue weighted by molar-refractivity contribution is 7.40. The molecular formula is C13H10NOP. The molecule has 1 aliphatic rings. The summed E-state index contributed by atoms with van der Waals surface area (Å²) >= 11 is 0. The topological polar surface area (TPSA) is 23.1 Å². The Bertz CT molecular complexity index is 553. The minimum atomic E-state index is -0.392. The standard InChI is InChI=1S/C13H10NOP/c15-14(12-7-2-1-3-8-12)13-9-5-4-6-11(13)10-16-14/h1-10H. The molecule has 2 nitrogen and oxygen atoms in total. The van der Waals surface area contributed by atoms with Crippen molar-refractivity contribution < 1.29 is 0 Å². The number of nitrogens with zero attached hydrogens (tertiary/aromatic N) is 1. The lowest BCUT2D eigenvalue weighted by atomic mass is 10.2. The van der Waals surface area contributed by atoms with Crippen LogP contribution in [0.5, 0.6) is 0 Å². The van der Waals surface area contributed by atoms with E-state index in [1.165, 1.54) is 0 Å². The molecule has 16 heavy (non-hydrogen) atoms. The summed E-state index contributed by atoms with van der Waals surface area (Å²) in [6, 6.07) is 17.3. The van der Waals surface area contributed by atoms with Gasteiger partial charge in [0.2, 0.25) is 0 Å². The van der Waals surface area contributed by atoms with Gasteiger partial charge in [-0.05, 0) is 6.07 Å². The summed E-state index contributed by atoms with van der Waals surface area (Å²) in [5.74, 6) is 1.98. The SMILES string of the molecule is [O-][N+]1(c2ccccc2)P=Cc2ccccc21. The quantitative estimate of drug-likeness (QED) is 0.536. The lowest BCUT2D eigenvalue weighted by Crippen LogP contribution is -2.23. The van der Waals surface area contributed by atoms with Crippen LogP contribution in [0.25, 0.3) is 0 Å². The van der Waals surface area contributed by atoms with Crippen LogP contribution in [0.3, 0.4) is 0 Å². The van der Waals surface area contributed by atoms with E-state index >= 15 is 0 Å². The number of hydrogen-bond donors (Lipinski definition) is 0. The molecule has 0 saturated heterocycles. The summed E-state index contributed by atoms with van der Waals surface area (Å²) in [7, 11) is 0.754. The van der Waals surface area contributed by atoms with Gasteiger partial charge in [-0.1, -0.05) is 30.3 Å². The molecule has 3 heteroatoms. The Hall–Kier alpha value is -1.47. The Morgan fingerprint density at radius 2 is 1.56 bits per heavy atom. The van der Waals surface area contributed by atoms with E-state index in [1.54, 1.807) is 0 Å². The highest BCUT2D eigenvalue weighted by atomic mass is 31.1. The first-order chi connectivity index (χ1) is 7.81. The summed E-state index contributed by atoms with van der Waals surface area (Å²) in [5, 5.41) is 12.8. The van der Waals surface area contributed by atoms with Crippen LogP contribution in [0.1, 0.15) is 5.56 Å². The Morgan fingerprint density at radius 1 is 0.875 bits per heavy atom. The van der Waals surface area contributed by atoms with E-state index in [0.29, 0.717) is 0 Å². The smallest absolute Gasteiger partial charge is 0.169 e. The first-order valence-electron chi connectivity index (χ1n) is 5.11. The van der Waals surface area contributed by atoms with Crippen molar-refractivity contribution in [2.45, 2.75) is 0 Å². The molecule has 1 atom stereocenters. The van der Waals surface area contributed by atoms with Gasteiger partial charge in [0.15, 0.2) is 14.0 Å². The van der Waals surface area contributed by atoms with Crippen molar-refractivity contribution >= 4 is 25.5 Å². The molecule has 1 aliphatic heterocycles. The second-order valence-corrected chi connectivity index (χ2v) is 4.77. The fourth-order valence-electron chi connectivity index (χ4n) is 1.91. The fraction of sp³-hybridized carbons (Fsp3) is 0. The number of rotatable bonds is 1. The molecule has 0 aromatic heterocycles. The zero-order chi connectivity index (χ0) is 11.0. The first-order valence-corrected chi connectivity index (χ1v) is 6.03. The van der Waals surface area contributed by atoms with Gasteiger partial charge < -0.3 is 5.21 Å². The van der Waals surface area contributed by atoms with Crippen molar-refractivity contribution in [3.8, 4) is 0 Å². The van der Waals surface area contributed by atoms with Gasteiger partial charge in [-0.3, -0.25) is 0 Å². The normalized spacial score (nSPS) is 23.1. The maximum absolute atomic E-state index is 12.8. The van der Waals surface area contributed by atoms with Gasteiger partial charge in [0.25, 0.3) is 0 Å². The van der Waals surface area contributed by atoms with E-state index in [0.717, 1.165) is 25.3 Å². The molecule has 78 valence electrons. The maximum Gasteiger partial charge on any atom is 0.169 e. The minimum absolute atomic E-state index is 0.392. The zero-order valence-corrected chi connectivity index (χ0v) is 9.47. The van der Waals surface area contributed by atoms with Crippen LogP contribution in [-0.2, 0) is 0 Å². The number of fused-ring (bicyclic) bond motifs is 1. The van der Waals surface area contributed by atoms with Crippen LogP contribution in [0.15, 0.2) is 54.6 Å².